The minimum absolute atomic E-state index is 0.0392. The number of carbonyl (C=O) groups excluding carboxylic acids is 3. The predicted octanol–water partition coefficient (Wildman–Crippen LogP) is 3.74. The summed E-state index contributed by atoms with van der Waals surface area (Å²) in [6, 6.07) is 0.196. The molecule has 2 fully saturated rings. The van der Waals surface area contributed by atoms with Crippen molar-refractivity contribution in [2.45, 2.75) is 103 Å². The summed E-state index contributed by atoms with van der Waals surface area (Å²) < 4.78 is 10.6. The standard InChI is InChI=1S/C11H21NO3.C11H19NO3/c2*1-11(2,3)15-10(14)12-7-4-5-9(12)6-8-13/h9,13H,4-8H2,1-3H3;8-9H,4-7H2,1-3H3/t2*9-/m00/s1. The average Bonchev–Trinajstić information content (AvgIpc) is 3.22. The van der Waals surface area contributed by atoms with Crippen LogP contribution in [0.2, 0.25) is 0 Å². The van der Waals surface area contributed by atoms with Gasteiger partial charge in [-0.1, -0.05) is 0 Å². The number of amides is 2. The van der Waals surface area contributed by atoms with Crippen molar-refractivity contribution in [3.8, 4) is 0 Å². The van der Waals surface area contributed by atoms with E-state index >= 15 is 0 Å². The maximum Gasteiger partial charge on any atom is 0.410 e. The Morgan fingerprint density at radius 2 is 1.33 bits per heavy atom. The summed E-state index contributed by atoms with van der Waals surface area (Å²) in [5, 5.41) is 8.88. The molecule has 0 aromatic rings. The zero-order valence-electron chi connectivity index (χ0n) is 19.5. The second-order valence-electron chi connectivity index (χ2n) is 9.85. The van der Waals surface area contributed by atoms with E-state index in [9.17, 15) is 14.4 Å². The zero-order valence-corrected chi connectivity index (χ0v) is 19.5. The third kappa shape index (κ3) is 9.32. The van der Waals surface area contributed by atoms with Gasteiger partial charge in [0.1, 0.15) is 17.5 Å². The van der Waals surface area contributed by atoms with Crippen LogP contribution in [0.4, 0.5) is 9.59 Å². The molecule has 2 aliphatic heterocycles. The van der Waals surface area contributed by atoms with Gasteiger partial charge in [0.05, 0.1) is 0 Å². The van der Waals surface area contributed by atoms with Crippen LogP contribution < -0.4 is 0 Å². The van der Waals surface area contributed by atoms with E-state index in [0.29, 0.717) is 19.4 Å². The number of rotatable bonds is 4. The number of aliphatic hydroxyl groups is 1. The quantitative estimate of drug-likeness (QED) is 0.685. The molecule has 0 aromatic heterocycles. The molecule has 0 bridgehead atoms. The second kappa shape index (κ2) is 11.5. The van der Waals surface area contributed by atoms with Gasteiger partial charge >= 0.3 is 12.2 Å². The summed E-state index contributed by atoms with van der Waals surface area (Å²) in [4.78, 5) is 37.3. The molecule has 2 aliphatic rings. The fourth-order valence-electron chi connectivity index (χ4n) is 3.60. The molecule has 30 heavy (non-hydrogen) atoms. The fraction of sp³-hybridized carbons (Fsp3) is 0.864. The zero-order chi connectivity index (χ0) is 22.9. The van der Waals surface area contributed by atoms with Crippen LogP contribution in [0.1, 0.15) is 80.1 Å². The molecule has 174 valence electrons. The van der Waals surface area contributed by atoms with Crippen molar-refractivity contribution in [2.75, 3.05) is 19.7 Å². The first-order chi connectivity index (χ1) is 13.9. The first-order valence-corrected chi connectivity index (χ1v) is 10.9. The van der Waals surface area contributed by atoms with Crippen LogP contribution in [0.5, 0.6) is 0 Å². The second-order valence-corrected chi connectivity index (χ2v) is 9.85. The molecule has 0 aromatic carbocycles. The van der Waals surface area contributed by atoms with Crippen molar-refractivity contribution < 1.29 is 29.0 Å². The molecular weight excluding hydrogens is 388 g/mol. The Kier molecular flexibility index (Phi) is 10.1. The Balaban J connectivity index is 0.000000300. The van der Waals surface area contributed by atoms with Crippen LogP contribution in [-0.2, 0) is 14.3 Å². The van der Waals surface area contributed by atoms with Crippen molar-refractivity contribution >= 4 is 18.5 Å². The Morgan fingerprint density at radius 1 is 0.900 bits per heavy atom. The highest BCUT2D eigenvalue weighted by Gasteiger charge is 2.32. The number of aldehydes is 1. The van der Waals surface area contributed by atoms with Crippen molar-refractivity contribution in [2.24, 2.45) is 0 Å². The molecule has 0 aliphatic carbocycles. The van der Waals surface area contributed by atoms with Crippen LogP contribution >= 0.6 is 0 Å². The predicted molar refractivity (Wildman–Crippen MR) is 114 cm³/mol. The highest BCUT2D eigenvalue weighted by Crippen LogP contribution is 2.23. The van der Waals surface area contributed by atoms with Gasteiger partial charge in [-0.3, -0.25) is 0 Å². The molecule has 2 amide bonds. The lowest BCUT2D eigenvalue weighted by atomic mass is 10.1. The van der Waals surface area contributed by atoms with Crippen molar-refractivity contribution in [1.82, 2.24) is 9.80 Å². The van der Waals surface area contributed by atoms with E-state index in [1.165, 1.54) is 0 Å². The van der Waals surface area contributed by atoms with Gasteiger partial charge in [-0.25, -0.2) is 9.59 Å². The smallest absolute Gasteiger partial charge is 0.410 e. The van der Waals surface area contributed by atoms with Gasteiger partial charge in [-0.15, -0.1) is 0 Å². The van der Waals surface area contributed by atoms with Crippen molar-refractivity contribution in [3.63, 3.8) is 0 Å². The van der Waals surface area contributed by atoms with E-state index < -0.39 is 11.2 Å². The molecule has 2 saturated heterocycles. The maximum absolute atomic E-state index is 11.8. The van der Waals surface area contributed by atoms with Gasteiger partial charge in [0.2, 0.25) is 0 Å². The topological polar surface area (TPSA) is 96.4 Å². The lowest BCUT2D eigenvalue weighted by Gasteiger charge is -2.28. The number of carbonyl (C=O) groups is 3. The van der Waals surface area contributed by atoms with E-state index in [1.807, 2.05) is 41.5 Å². The lowest BCUT2D eigenvalue weighted by Crippen LogP contribution is -2.40. The minimum atomic E-state index is -0.467. The third-order valence-electron chi connectivity index (χ3n) is 4.84. The SMILES string of the molecule is CC(C)(C)OC(=O)N1CCC[C@H]1CC=O.CC(C)(C)OC(=O)N1CCC[C@H]1CCO. The summed E-state index contributed by atoms with van der Waals surface area (Å²) in [5.74, 6) is 0. The molecule has 2 atom stereocenters. The van der Waals surface area contributed by atoms with E-state index in [4.69, 9.17) is 14.6 Å². The van der Waals surface area contributed by atoms with E-state index in [1.54, 1.807) is 9.80 Å². The minimum Gasteiger partial charge on any atom is -0.444 e. The molecule has 1 N–H and O–H groups in total. The van der Waals surface area contributed by atoms with Crippen LogP contribution in [0, 0.1) is 0 Å². The summed E-state index contributed by atoms with van der Waals surface area (Å²) in [7, 11) is 0. The molecule has 8 nitrogen and oxygen atoms in total. The molecule has 0 unspecified atom stereocenters. The van der Waals surface area contributed by atoms with Gasteiger partial charge in [-0.2, -0.15) is 0 Å². The summed E-state index contributed by atoms with van der Waals surface area (Å²) >= 11 is 0. The van der Waals surface area contributed by atoms with Crippen LogP contribution in [0.25, 0.3) is 0 Å². The van der Waals surface area contributed by atoms with Gasteiger partial charge in [0.15, 0.2) is 0 Å². The number of nitrogens with zero attached hydrogens (tertiary/aromatic N) is 2. The van der Waals surface area contributed by atoms with Crippen LogP contribution in [0.3, 0.4) is 0 Å². The third-order valence-corrected chi connectivity index (χ3v) is 4.84. The van der Waals surface area contributed by atoms with Gasteiger partial charge in [0.25, 0.3) is 0 Å². The molecule has 8 heteroatoms. The summed E-state index contributed by atoms with van der Waals surface area (Å²) in [6.45, 7) is 12.7. The summed E-state index contributed by atoms with van der Waals surface area (Å²) in [6.07, 6.45) is 5.22. The van der Waals surface area contributed by atoms with Gasteiger partial charge in [-0.05, 0) is 73.6 Å². The number of aliphatic hydroxyl groups excluding tert-OH is 1. The first kappa shape index (κ1) is 26.2. The number of ether oxygens (including phenoxy) is 2. The molecule has 2 heterocycles. The Hall–Kier alpha value is -1.83. The average molecular weight is 429 g/mol. The molecule has 0 spiro atoms. The van der Waals surface area contributed by atoms with E-state index in [2.05, 4.69) is 0 Å². The number of hydrogen-bond donors (Lipinski definition) is 1. The van der Waals surface area contributed by atoms with E-state index in [-0.39, 0.29) is 30.9 Å². The Bertz CT molecular complexity index is 567. The normalized spacial score (nSPS) is 21.7. The monoisotopic (exact) mass is 428 g/mol. The molecule has 0 radical (unpaired) electrons. The fourth-order valence-corrected chi connectivity index (χ4v) is 3.60. The highest BCUT2D eigenvalue weighted by molar-refractivity contribution is 5.70. The molecular formula is C22H40N2O6. The van der Waals surface area contributed by atoms with Gasteiger partial charge in [0, 0.05) is 38.2 Å². The van der Waals surface area contributed by atoms with Crippen LogP contribution in [-0.4, -0.2) is 76.4 Å². The van der Waals surface area contributed by atoms with Crippen molar-refractivity contribution in [1.29, 1.82) is 0 Å². The first-order valence-electron chi connectivity index (χ1n) is 10.9. The van der Waals surface area contributed by atoms with Gasteiger partial charge < -0.3 is 29.2 Å². The van der Waals surface area contributed by atoms with Crippen molar-refractivity contribution in [3.05, 3.63) is 0 Å². The largest absolute Gasteiger partial charge is 0.444 e. The number of likely N-dealkylation sites (tertiary alicyclic amines) is 2. The lowest BCUT2D eigenvalue weighted by molar-refractivity contribution is -0.108. The molecule has 2 rings (SSSR count). The molecule has 0 saturated carbocycles. The number of hydrogen-bond acceptors (Lipinski definition) is 6. The maximum atomic E-state index is 11.8. The Labute approximate surface area is 180 Å². The van der Waals surface area contributed by atoms with Crippen LogP contribution in [0.15, 0.2) is 0 Å². The highest BCUT2D eigenvalue weighted by atomic mass is 16.6. The van der Waals surface area contributed by atoms with E-state index in [0.717, 1.165) is 38.5 Å². The Morgan fingerprint density at radius 3 is 1.73 bits per heavy atom. The summed E-state index contributed by atoms with van der Waals surface area (Å²) in [5.41, 5.74) is -0.908.